The lowest BCUT2D eigenvalue weighted by atomic mass is 9.91. The van der Waals surface area contributed by atoms with Gasteiger partial charge in [0.05, 0.1) is 8.07 Å². The number of aryl methyl sites for hydroxylation is 2. The zero-order chi connectivity index (χ0) is 14.2. The van der Waals surface area contributed by atoms with E-state index >= 15 is 0 Å². The van der Waals surface area contributed by atoms with Gasteiger partial charge in [-0.1, -0.05) is 55.2 Å². The second-order valence-electron chi connectivity index (χ2n) is 6.90. The molecule has 19 heavy (non-hydrogen) atoms. The fraction of sp³-hybridized carbons (Fsp3) is 0.444. The second kappa shape index (κ2) is 5.13. The maximum Gasteiger partial charge on any atom is 0.0771 e. The number of hydrogen-bond donors (Lipinski definition) is 0. The highest BCUT2D eigenvalue weighted by Gasteiger charge is 2.22. The molecule has 102 valence electrons. The van der Waals surface area contributed by atoms with E-state index in [1.807, 2.05) is 0 Å². The minimum Gasteiger partial charge on any atom is -0.0780 e. The molecule has 1 aromatic carbocycles. The number of allylic oxidation sites excluding steroid dienone is 4. The molecule has 1 atom stereocenters. The predicted molar refractivity (Wildman–Crippen MR) is 88.4 cm³/mol. The van der Waals surface area contributed by atoms with Crippen LogP contribution in [0.15, 0.2) is 35.6 Å². The first-order valence-electron chi connectivity index (χ1n) is 7.25. The Morgan fingerprint density at radius 1 is 1.00 bits per heavy atom. The van der Waals surface area contributed by atoms with Crippen LogP contribution in [0.4, 0.5) is 0 Å². The molecule has 0 aromatic heterocycles. The molecule has 0 bridgehead atoms. The molecule has 1 aliphatic rings. The van der Waals surface area contributed by atoms with Gasteiger partial charge in [-0.3, -0.25) is 0 Å². The van der Waals surface area contributed by atoms with Crippen molar-refractivity contribution in [1.82, 2.24) is 0 Å². The molecule has 0 heterocycles. The van der Waals surface area contributed by atoms with Gasteiger partial charge in [0.25, 0.3) is 0 Å². The van der Waals surface area contributed by atoms with Gasteiger partial charge in [0.15, 0.2) is 0 Å². The lowest BCUT2D eigenvalue weighted by Crippen LogP contribution is -2.22. The van der Waals surface area contributed by atoms with Crippen molar-refractivity contribution in [1.29, 1.82) is 0 Å². The van der Waals surface area contributed by atoms with E-state index in [4.69, 9.17) is 0 Å². The molecule has 0 spiro atoms. The Hall–Kier alpha value is -1.08. The molecule has 0 saturated heterocycles. The van der Waals surface area contributed by atoms with Gasteiger partial charge in [-0.15, -0.1) is 0 Å². The summed E-state index contributed by atoms with van der Waals surface area (Å²) in [6, 6.07) is 4.50. The quantitative estimate of drug-likeness (QED) is 0.667. The average molecular weight is 270 g/mol. The van der Waals surface area contributed by atoms with Crippen molar-refractivity contribution < 1.29 is 0 Å². The molecular weight excluding hydrogens is 244 g/mol. The standard InChI is InChI=1S/C18H26Si/c1-13-7-8-14(2)18(15(13)3)12-16-9-10-17(11-16)19(4,5)6/h7-11,16H,12H2,1-6H3. The lowest BCUT2D eigenvalue weighted by Gasteiger charge is -2.17. The molecule has 0 saturated carbocycles. The molecule has 1 heteroatoms. The van der Waals surface area contributed by atoms with Crippen molar-refractivity contribution in [3.05, 3.63) is 57.8 Å². The molecule has 0 radical (unpaired) electrons. The van der Waals surface area contributed by atoms with Crippen LogP contribution in [0, 0.1) is 26.7 Å². The van der Waals surface area contributed by atoms with Crippen molar-refractivity contribution in [2.24, 2.45) is 5.92 Å². The summed E-state index contributed by atoms with van der Waals surface area (Å²) >= 11 is 0. The van der Waals surface area contributed by atoms with Crippen LogP contribution in [0.25, 0.3) is 0 Å². The van der Waals surface area contributed by atoms with Gasteiger partial charge in [-0.25, -0.2) is 0 Å². The van der Waals surface area contributed by atoms with Gasteiger partial charge in [-0.2, -0.15) is 0 Å². The van der Waals surface area contributed by atoms with Crippen LogP contribution in [0.3, 0.4) is 0 Å². The Bertz CT molecular complexity index is 542. The highest BCUT2D eigenvalue weighted by molar-refractivity contribution is 6.83. The van der Waals surface area contributed by atoms with Crippen LogP contribution >= 0.6 is 0 Å². The Morgan fingerprint density at radius 2 is 1.63 bits per heavy atom. The summed E-state index contributed by atoms with van der Waals surface area (Å²) in [4.78, 5) is 0. The molecule has 1 aliphatic carbocycles. The Kier molecular flexibility index (Phi) is 3.87. The van der Waals surface area contributed by atoms with E-state index in [-0.39, 0.29) is 0 Å². The third kappa shape index (κ3) is 3.09. The summed E-state index contributed by atoms with van der Waals surface area (Å²) in [5, 5.41) is 1.61. The van der Waals surface area contributed by atoms with Crippen molar-refractivity contribution in [2.45, 2.75) is 46.8 Å². The predicted octanol–water partition coefficient (Wildman–Crippen LogP) is 5.14. The zero-order valence-corrected chi connectivity index (χ0v) is 14.2. The van der Waals surface area contributed by atoms with E-state index < -0.39 is 8.07 Å². The summed E-state index contributed by atoms with van der Waals surface area (Å²) in [5.74, 6) is 0.598. The van der Waals surface area contributed by atoms with Crippen LogP contribution in [0.5, 0.6) is 0 Å². The Morgan fingerprint density at radius 3 is 2.21 bits per heavy atom. The topological polar surface area (TPSA) is 0 Å². The molecule has 1 aromatic rings. The maximum absolute atomic E-state index is 2.51. The second-order valence-corrected chi connectivity index (χ2v) is 12.0. The number of rotatable bonds is 3. The van der Waals surface area contributed by atoms with Crippen molar-refractivity contribution in [3.63, 3.8) is 0 Å². The van der Waals surface area contributed by atoms with Gasteiger partial charge >= 0.3 is 0 Å². The third-order valence-electron chi connectivity index (χ3n) is 4.33. The molecular formula is C18H26Si. The molecule has 0 N–H and O–H groups in total. The minimum atomic E-state index is -1.15. The first-order chi connectivity index (χ1) is 8.79. The lowest BCUT2D eigenvalue weighted by molar-refractivity contribution is 0.802. The van der Waals surface area contributed by atoms with E-state index in [1.54, 1.807) is 10.8 Å². The summed E-state index contributed by atoms with van der Waals surface area (Å²) in [6.07, 6.45) is 8.43. The Balaban J connectivity index is 2.24. The van der Waals surface area contributed by atoms with Gasteiger partial charge in [0.1, 0.15) is 0 Å². The molecule has 0 aliphatic heterocycles. The molecule has 1 unspecified atom stereocenters. The van der Waals surface area contributed by atoms with Crippen molar-refractivity contribution in [3.8, 4) is 0 Å². The Labute approximate surface area is 119 Å². The molecule has 0 fully saturated rings. The first kappa shape index (κ1) is 14.3. The van der Waals surface area contributed by atoms with Crippen LogP contribution in [0.1, 0.15) is 22.3 Å². The third-order valence-corrected chi connectivity index (χ3v) is 6.39. The van der Waals surface area contributed by atoms with E-state index in [0.717, 1.165) is 6.42 Å². The fourth-order valence-corrected chi connectivity index (χ4v) is 4.07. The van der Waals surface area contributed by atoms with E-state index in [0.29, 0.717) is 5.92 Å². The van der Waals surface area contributed by atoms with Crippen LogP contribution in [-0.2, 0) is 6.42 Å². The fourth-order valence-electron chi connectivity index (χ4n) is 2.76. The van der Waals surface area contributed by atoms with Crippen LogP contribution < -0.4 is 0 Å². The minimum absolute atomic E-state index is 0.598. The highest BCUT2D eigenvalue weighted by Crippen LogP contribution is 2.29. The largest absolute Gasteiger partial charge is 0.0780 e. The molecule has 2 rings (SSSR count). The zero-order valence-electron chi connectivity index (χ0n) is 13.2. The van der Waals surface area contributed by atoms with Gasteiger partial charge in [-0.05, 0) is 55.4 Å². The average Bonchev–Trinajstić information content (AvgIpc) is 2.78. The number of hydrogen-bond acceptors (Lipinski definition) is 0. The summed E-state index contributed by atoms with van der Waals surface area (Å²) in [6.45, 7) is 14.0. The molecule has 0 nitrogen and oxygen atoms in total. The summed E-state index contributed by atoms with van der Waals surface area (Å²) in [5.41, 5.74) is 5.87. The van der Waals surface area contributed by atoms with Gasteiger partial charge < -0.3 is 0 Å². The van der Waals surface area contributed by atoms with Crippen molar-refractivity contribution in [2.75, 3.05) is 0 Å². The maximum atomic E-state index is 2.51. The molecule has 0 amide bonds. The van der Waals surface area contributed by atoms with E-state index in [1.165, 1.54) is 16.7 Å². The normalized spacial score (nSPS) is 18.8. The van der Waals surface area contributed by atoms with Crippen LogP contribution in [0.2, 0.25) is 19.6 Å². The smallest absolute Gasteiger partial charge is 0.0771 e. The van der Waals surface area contributed by atoms with Gasteiger partial charge in [0.2, 0.25) is 0 Å². The first-order valence-corrected chi connectivity index (χ1v) is 10.7. The van der Waals surface area contributed by atoms with Crippen LogP contribution in [-0.4, -0.2) is 8.07 Å². The number of benzene rings is 1. The van der Waals surface area contributed by atoms with Crippen molar-refractivity contribution >= 4 is 8.07 Å². The van der Waals surface area contributed by atoms with E-state index in [9.17, 15) is 0 Å². The highest BCUT2D eigenvalue weighted by atomic mass is 28.3. The van der Waals surface area contributed by atoms with E-state index in [2.05, 4.69) is 70.8 Å². The summed E-state index contributed by atoms with van der Waals surface area (Å²) < 4.78 is 0. The van der Waals surface area contributed by atoms with Gasteiger partial charge in [0, 0.05) is 0 Å². The monoisotopic (exact) mass is 270 g/mol. The SMILES string of the molecule is Cc1ccc(C)c(CC2C=CC([Si](C)(C)C)=C2)c1C. The summed E-state index contributed by atoms with van der Waals surface area (Å²) in [7, 11) is -1.15.